The SMILES string of the molecule is CCn1c(Oc2cccc(N3CCN(C)CC3)c2)nnc1[C@@H](C)NS(=O)(=O)c1cc(OC)ccc1OC. The Hall–Kier alpha value is -3.35. The number of benzene rings is 2. The molecule has 0 aliphatic carbocycles. The average Bonchev–Trinajstić information content (AvgIpc) is 3.31. The van der Waals surface area contributed by atoms with Crippen LogP contribution in [0.25, 0.3) is 0 Å². The van der Waals surface area contributed by atoms with Gasteiger partial charge in [0.1, 0.15) is 22.1 Å². The van der Waals surface area contributed by atoms with Crippen molar-refractivity contribution in [2.75, 3.05) is 52.3 Å². The van der Waals surface area contributed by atoms with Crippen molar-refractivity contribution in [3.8, 4) is 23.3 Å². The van der Waals surface area contributed by atoms with Crippen LogP contribution in [0.5, 0.6) is 23.3 Å². The van der Waals surface area contributed by atoms with E-state index in [-0.39, 0.29) is 16.7 Å². The highest BCUT2D eigenvalue weighted by Crippen LogP contribution is 2.31. The summed E-state index contributed by atoms with van der Waals surface area (Å²) < 4.78 is 47.4. The van der Waals surface area contributed by atoms with Gasteiger partial charge in [-0.25, -0.2) is 13.1 Å². The van der Waals surface area contributed by atoms with Crippen molar-refractivity contribution in [3.05, 3.63) is 48.3 Å². The minimum absolute atomic E-state index is 0.0269. The number of likely N-dealkylation sites (N-methyl/N-ethyl adjacent to an activating group) is 1. The van der Waals surface area contributed by atoms with Gasteiger partial charge in [-0.2, -0.15) is 0 Å². The zero-order valence-electron chi connectivity index (χ0n) is 21.8. The van der Waals surface area contributed by atoms with Crippen LogP contribution in [-0.2, 0) is 16.6 Å². The van der Waals surface area contributed by atoms with Crippen molar-refractivity contribution in [1.29, 1.82) is 0 Å². The number of nitrogens with zero attached hydrogens (tertiary/aromatic N) is 5. The number of hydrogen-bond acceptors (Lipinski definition) is 9. The van der Waals surface area contributed by atoms with E-state index in [0.29, 0.717) is 23.9 Å². The van der Waals surface area contributed by atoms with E-state index >= 15 is 0 Å². The third-order valence-corrected chi connectivity index (χ3v) is 7.90. The lowest BCUT2D eigenvalue weighted by atomic mass is 10.2. The average molecular weight is 531 g/mol. The number of aromatic nitrogens is 3. The lowest BCUT2D eigenvalue weighted by molar-refractivity contribution is 0.312. The third kappa shape index (κ3) is 5.97. The maximum absolute atomic E-state index is 13.2. The Bertz CT molecular complexity index is 1320. The largest absolute Gasteiger partial charge is 0.497 e. The Kier molecular flexibility index (Phi) is 8.20. The van der Waals surface area contributed by atoms with Crippen LogP contribution in [0.15, 0.2) is 47.4 Å². The number of anilines is 1. The molecule has 2 aromatic carbocycles. The Morgan fingerprint density at radius 2 is 1.76 bits per heavy atom. The molecule has 0 radical (unpaired) electrons. The van der Waals surface area contributed by atoms with Crippen LogP contribution in [0.2, 0.25) is 0 Å². The van der Waals surface area contributed by atoms with E-state index in [1.54, 1.807) is 23.6 Å². The molecule has 1 atom stereocenters. The highest BCUT2D eigenvalue weighted by molar-refractivity contribution is 7.89. The first kappa shape index (κ1) is 26.7. The van der Waals surface area contributed by atoms with E-state index in [1.807, 2.05) is 25.1 Å². The predicted molar refractivity (Wildman–Crippen MR) is 140 cm³/mol. The molecule has 200 valence electrons. The summed E-state index contributed by atoms with van der Waals surface area (Å²) in [5, 5.41) is 8.46. The summed E-state index contributed by atoms with van der Waals surface area (Å²) >= 11 is 0. The zero-order valence-corrected chi connectivity index (χ0v) is 22.7. The highest BCUT2D eigenvalue weighted by Gasteiger charge is 2.27. The summed E-state index contributed by atoms with van der Waals surface area (Å²) in [6.07, 6.45) is 0. The first-order valence-corrected chi connectivity index (χ1v) is 13.6. The van der Waals surface area contributed by atoms with E-state index in [4.69, 9.17) is 14.2 Å². The molecule has 1 aliphatic heterocycles. The number of nitrogens with one attached hydrogen (secondary N) is 1. The van der Waals surface area contributed by atoms with Crippen LogP contribution in [0, 0.1) is 0 Å². The molecule has 1 aromatic heterocycles. The topological polar surface area (TPSA) is 111 Å². The van der Waals surface area contributed by atoms with Crippen LogP contribution in [0.3, 0.4) is 0 Å². The number of piperazine rings is 1. The quantitative estimate of drug-likeness (QED) is 0.423. The minimum atomic E-state index is -3.97. The van der Waals surface area contributed by atoms with Gasteiger partial charge in [-0.1, -0.05) is 11.2 Å². The number of ether oxygens (including phenoxy) is 3. The lowest BCUT2D eigenvalue weighted by Crippen LogP contribution is -2.44. The van der Waals surface area contributed by atoms with Gasteiger partial charge in [0.05, 0.1) is 20.3 Å². The molecule has 1 saturated heterocycles. The molecule has 11 nitrogen and oxygen atoms in total. The van der Waals surface area contributed by atoms with Crippen molar-refractivity contribution in [2.24, 2.45) is 0 Å². The van der Waals surface area contributed by atoms with E-state index in [1.165, 1.54) is 20.3 Å². The van der Waals surface area contributed by atoms with Crippen molar-refractivity contribution in [3.63, 3.8) is 0 Å². The van der Waals surface area contributed by atoms with Gasteiger partial charge in [0.25, 0.3) is 0 Å². The maximum Gasteiger partial charge on any atom is 0.322 e. The highest BCUT2D eigenvalue weighted by atomic mass is 32.2. The van der Waals surface area contributed by atoms with Gasteiger partial charge in [-0.15, -0.1) is 5.10 Å². The molecule has 1 fully saturated rings. The Labute approximate surface area is 218 Å². The molecule has 1 N–H and O–H groups in total. The number of rotatable bonds is 10. The number of methoxy groups -OCH3 is 2. The summed E-state index contributed by atoms with van der Waals surface area (Å²) in [4.78, 5) is 4.61. The molecule has 1 aliphatic rings. The molecule has 0 spiro atoms. The number of hydrogen-bond donors (Lipinski definition) is 1. The van der Waals surface area contributed by atoms with Crippen molar-refractivity contribution in [1.82, 2.24) is 24.4 Å². The lowest BCUT2D eigenvalue weighted by Gasteiger charge is -2.34. The van der Waals surface area contributed by atoms with Gasteiger partial charge >= 0.3 is 6.01 Å². The van der Waals surface area contributed by atoms with Gasteiger partial charge in [0.15, 0.2) is 5.82 Å². The van der Waals surface area contributed by atoms with Crippen LogP contribution in [0.4, 0.5) is 5.69 Å². The molecular formula is C25H34N6O5S. The molecule has 0 saturated carbocycles. The van der Waals surface area contributed by atoms with E-state index in [0.717, 1.165) is 31.9 Å². The third-order valence-electron chi connectivity index (χ3n) is 6.34. The first-order valence-electron chi connectivity index (χ1n) is 12.1. The van der Waals surface area contributed by atoms with E-state index in [2.05, 4.69) is 37.8 Å². The van der Waals surface area contributed by atoms with Gasteiger partial charge in [0.2, 0.25) is 10.0 Å². The monoisotopic (exact) mass is 530 g/mol. The fourth-order valence-electron chi connectivity index (χ4n) is 4.25. The molecular weight excluding hydrogens is 496 g/mol. The van der Waals surface area contributed by atoms with Crippen LogP contribution in [-0.4, -0.2) is 75.5 Å². The molecule has 0 unspecified atom stereocenters. The molecule has 2 heterocycles. The summed E-state index contributed by atoms with van der Waals surface area (Å²) in [5.41, 5.74) is 1.08. The molecule has 3 aromatic rings. The van der Waals surface area contributed by atoms with Gasteiger partial charge < -0.3 is 24.0 Å². The molecule has 12 heteroatoms. The predicted octanol–water partition coefficient (Wildman–Crippen LogP) is 2.90. The molecule has 0 bridgehead atoms. The first-order chi connectivity index (χ1) is 17.7. The standard InChI is InChI=1S/C25H34N6O5S/c1-6-31-24(18(2)28-37(32,33)23-17-20(34-4)10-11-22(23)35-5)26-27-25(31)36-21-9-7-8-19(16-21)30-14-12-29(3)13-15-30/h7-11,16-18,28H,6,12-15H2,1-5H3/t18-/m1/s1. The smallest absolute Gasteiger partial charge is 0.322 e. The van der Waals surface area contributed by atoms with Crippen molar-refractivity contribution < 1.29 is 22.6 Å². The Morgan fingerprint density at radius 3 is 2.43 bits per heavy atom. The van der Waals surface area contributed by atoms with Gasteiger partial charge in [0, 0.05) is 50.5 Å². The minimum Gasteiger partial charge on any atom is -0.497 e. The van der Waals surface area contributed by atoms with Crippen molar-refractivity contribution >= 4 is 15.7 Å². The second kappa shape index (κ2) is 11.4. The zero-order chi connectivity index (χ0) is 26.6. The van der Waals surface area contributed by atoms with Crippen LogP contribution in [0.1, 0.15) is 25.7 Å². The fourth-order valence-corrected chi connectivity index (χ4v) is 5.64. The Morgan fingerprint density at radius 1 is 1.00 bits per heavy atom. The summed E-state index contributed by atoms with van der Waals surface area (Å²) in [6, 6.07) is 12.1. The molecule has 0 amide bonds. The Balaban J connectivity index is 1.53. The number of sulfonamides is 1. The van der Waals surface area contributed by atoms with Crippen LogP contribution < -0.4 is 23.8 Å². The normalized spacial score (nSPS) is 15.4. The summed E-state index contributed by atoms with van der Waals surface area (Å²) in [5.74, 6) is 1.68. The van der Waals surface area contributed by atoms with Crippen molar-refractivity contribution in [2.45, 2.75) is 31.3 Å². The van der Waals surface area contributed by atoms with Gasteiger partial charge in [-0.05, 0) is 45.2 Å². The van der Waals surface area contributed by atoms with Gasteiger partial charge in [-0.3, -0.25) is 4.57 Å². The second-order valence-electron chi connectivity index (χ2n) is 8.83. The van der Waals surface area contributed by atoms with Crippen LogP contribution >= 0.6 is 0 Å². The second-order valence-corrected chi connectivity index (χ2v) is 10.5. The fraction of sp³-hybridized carbons (Fsp3) is 0.440. The summed E-state index contributed by atoms with van der Waals surface area (Å²) in [6.45, 7) is 8.03. The molecule has 4 rings (SSSR count). The van der Waals surface area contributed by atoms with E-state index in [9.17, 15) is 8.42 Å². The maximum atomic E-state index is 13.2. The van der Waals surface area contributed by atoms with E-state index < -0.39 is 16.1 Å². The summed E-state index contributed by atoms with van der Waals surface area (Å²) in [7, 11) is 1.05. The molecule has 37 heavy (non-hydrogen) atoms.